The number of ether oxygens (including phenoxy) is 1. The summed E-state index contributed by atoms with van der Waals surface area (Å²) >= 11 is 0. The first kappa shape index (κ1) is 19.8. The summed E-state index contributed by atoms with van der Waals surface area (Å²) in [5, 5.41) is 3.10. The molecule has 2 aliphatic rings. The molecule has 1 amide bonds. The zero-order chi connectivity index (χ0) is 19.1. The lowest BCUT2D eigenvalue weighted by molar-refractivity contribution is -0.122. The van der Waals surface area contributed by atoms with Crippen molar-refractivity contribution in [3.05, 3.63) is 12.3 Å². The molecule has 0 atom stereocenters. The summed E-state index contributed by atoms with van der Waals surface area (Å²) in [5.74, 6) is 1.54. The maximum atomic E-state index is 12.3. The second-order valence-corrected chi connectivity index (χ2v) is 7.53. The minimum Gasteiger partial charge on any atom is -0.467 e. The van der Waals surface area contributed by atoms with Gasteiger partial charge in [-0.25, -0.2) is 4.98 Å². The number of nitrogens with zero attached hydrogens (tertiary/aromatic N) is 5. The highest BCUT2D eigenvalue weighted by atomic mass is 16.5. The molecule has 2 fully saturated rings. The molecule has 3 heterocycles. The number of carbonyl (C=O) groups excluding carboxylic acids is 1. The fourth-order valence-electron chi connectivity index (χ4n) is 3.73. The van der Waals surface area contributed by atoms with Gasteiger partial charge < -0.3 is 19.9 Å². The van der Waals surface area contributed by atoms with Gasteiger partial charge in [0.25, 0.3) is 0 Å². The first-order valence-electron chi connectivity index (χ1n) is 9.93. The van der Waals surface area contributed by atoms with Crippen LogP contribution in [0.2, 0.25) is 0 Å². The molecular weight excluding hydrogens is 344 g/mol. The third-order valence-electron chi connectivity index (χ3n) is 5.56. The molecule has 0 unspecified atom stereocenters. The van der Waals surface area contributed by atoms with Crippen LogP contribution in [0.4, 0.5) is 5.82 Å². The number of likely N-dealkylation sites (N-methyl/N-ethyl adjacent to an activating group) is 1. The minimum atomic E-state index is 0.186. The van der Waals surface area contributed by atoms with Gasteiger partial charge in [-0.3, -0.25) is 9.69 Å². The number of piperidine rings is 1. The number of nitrogens with one attached hydrogen (secondary N) is 1. The molecule has 1 aromatic heterocycles. The van der Waals surface area contributed by atoms with Crippen LogP contribution >= 0.6 is 0 Å². The average molecular weight is 377 g/mol. The molecular formula is C19H32N6O2. The normalized spacial score (nSPS) is 19.9. The smallest absolute Gasteiger partial charge is 0.318 e. The van der Waals surface area contributed by atoms with E-state index in [1.165, 1.54) is 0 Å². The van der Waals surface area contributed by atoms with Crippen molar-refractivity contribution in [2.24, 2.45) is 5.92 Å². The molecule has 0 radical (unpaired) electrons. The maximum absolute atomic E-state index is 12.3. The summed E-state index contributed by atoms with van der Waals surface area (Å²) in [7, 11) is 3.74. The monoisotopic (exact) mass is 376 g/mol. The Hall–Kier alpha value is -1.93. The van der Waals surface area contributed by atoms with Crippen molar-refractivity contribution in [1.29, 1.82) is 0 Å². The number of hydrogen-bond donors (Lipinski definition) is 1. The van der Waals surface area contributed by atoms with Crippen molar-refractivity contribution in [1.82, 2.24) is 25.1 Å². The summed E-state index contributed by atoms with van der Waals surface area (Å²) in [5.41, 5.74) is 0. The van der Waals surface area contributed by atoms with Gasteiger partial charge in [-0.15, -0.1) is 0 Å². The fourth-order valence-corrected chi connectivity index (χ4v) is 3.73. The van der Waals surface area contributed by atoms with Crippen LogP contribution < -0.4 is 15.0 Å². The highest BCUT2D eigenvalue weighted by molar-refractivity contribution is 5.76. The number of anilines is 1. The van der Waals surface area contributed by atoms with Crippen LogP contribution in [0.15, 0.2) is 12.3 Å². The van der Waals surface area contributed by atoms with E-state index in [1.54, 1.807) is 13.3 Å². The number of methoxy groups -OCH3 is 1. The van der Waals surface area contributed by atoms with E-state index >= 15 is 0 Å². The Morgan fingerprint density at radius 2 is 1.96 bits per heavy atom. The zero-order valence-electron chi connectivity index (χ0n) is 16.6. The van der Waals surface area contributed by atoms with Gasteiger partial charge in [0.2, 0.25) is 5.91 Å². The lowest BCUT2D eigenvalue weighted by Crippen LogP contribution is -2.47. The van der Waals surface area contributed by atoms with E-state index in [9.17, 15) is 4.79 Å². The number of amides is 1. The first-order valence-corrected chi connectivity index (χ1v) is 9.93. The standard InChI is InChI=1S/C19H32N6O2/c1-23-11-13-24(14-12-23)10-7-20-18(26)15-16-4-8-25(9-5-16)17-3-6-21-19(22-17)27-2/h3,6,16H,4-5,7-15H2,1-2H3,(H,20,26). The summed E-state index contributed by atoms with van der Waals surface area (Å²) in [6.07, 6.45) is 4.38. The molecule has 0 aliphatic carbocycles. The fraction of sp³-hybridized carbons (Fsp3) is 0.737. The number of aromatic nitrogens is 2. The van der Waals surface area contributed by atoms with Crippen LogP contribution in [-0.4, -0.2) is 92.2 Å². The molecule has 0 aromatic carbocycles. The molecule has 3 rings (SSSR count). The number of piperazine rings is 1. The zero-order valence-corrected chi connectivity index (χ0v) is 16.6. The van der Waals surface area contributed by atoms with E-state index in [0.29, 0.717) is 18.3 Å². The summed E-state index contributed by atoms with van der Waals surface area (Å²) < 4.78 is 5.10. The summed E-state index contributed by atoms with van der Waals surface area (Å²) in [4.78, 5) is 27.7. The molecule has 1 N–H and O–H groups in total. The molecule has 2 saturated heterocycles. The van der Waals surface area contributed by atoms with Crippen LogP contribution in [0.3, 0.4) is 0 Å². The van der Waals surface area contributed by atoms with Gasteiger partial charge in [-0.2, -0.15) is 4.98 Å². The lowest BCUT2D eigenvalue weighted by Gasteiger charge is -2.33. The topological polar surface area (TPSA) is 73.8 Å². The van der Waals surface area contributed by atoms with E-state index in [-0.39, 0.29) is 5.91 Å². The van der Waals surface area contributed by atoms with Gasteiger partial charge in [0.05, 0.1) is 7.11 Å². The van der Waals surface area contributed by atoms with Crippen molar-refractivity contribution in [3.8, 4) is 6.01 Å². The number of hydrogen-bond acceptors (Lipinski definition) is 7. The van der Waals surface area contributed by atoms with Crippen molar-refractivity contribution < 1.29 is 9.53 Å². The number of rotatable bonds is 7. The van der Waals surface area contributed by atoms with E-state index < -0.39 is 0 Å². The molecule has 0 saturated carbocycles. The van der Waals surface area contributed by atoms with Crippen LogP contribution in [0.1, 0.15) is 19.3 Å². The van der Waals surface area contributed by atoms with Crippen LogP contribution in [0.25, 0.3) is 0 Å². The van der Waals surface area contributed by atoms with Gasteiger partial charge in [0.1, 0.15) is 5.82 Å². The van der Waals surface area contributed by atoms with Gasteiger partial charge in [0, 0.05) is 65.0 Å². The van der Waals surface area contributed by atoms with E-state index in [4.69, 9.17) is 4.74 Å². The van der Waals surface area contributed by atoms with Crippen LogP contribution in [0.5, 0.6) is 6.01 Å². The largest absolute Gasteiger partial charge is 0.467 e. The molecule has 2 aliphatic heterocycles. The molecule has 8 heteroatoms. The van der Waals surface area contributed by atoms with Gasteiger partial charge in [-0.05, 0) is 31.9 Å². The molecule has 0 spiro atoms. The Morgan fingerprint density at radius 1 is 1.22 bits per heavy atom. The number of carbonyl (C=O) groups is 1. The quantitative estimate of drug-likeness (QED) is 0.741. The first-order chi connectivity index (χ1) is 13.1. The lowest BCUT2D eigenvalue weighted by atomic mass is 9.93. The predicted molar refractivity (Wildman–Crippen MR) is 105 cm³/mol. The molecule has 27 heavy (non-hydrogen) atoms. The summed E-state index contributed by atoms with van der Waals surface area (Å²) in [6.45, 7) is 7.96. The van der Waals surface area contributed by atoms with Crippen molar-refractivity contribution in [2.75, 3.05) is 71.4 Å². The van der Waals surface area contributed by atoms with Gasteiger partial charge >= 0.3 is 6.01 Å². The van der Waals surface area contributed by atoms with Gasteiger partial charge in [0.15, 0.2) is 0 Å². The SMILES string of the molecule is COc1nccc(N2CCC(CC(=O)NCCN3CCN(C)CC3)CC2)n1. The van der Waals surface area contributed by atoms with Crippen molar-refractivity contribution in [2.45, 2.75) is 19.3 Å². The van der Waals surface area contributed by atoms with E-state index in [0.717, 1.165) is 71.0 Å². The average Bonchev–Trinajstić information content (AvgIpc) is 2.70. The van der Waals surface area contributed by atoms with Crippen molar-refractivity contribution in [3.63, 3.8) is 0 Å². The molecule has 150 valence electrons. The minimum absolute atomic E-state index is 0.186. The third-order valence-corrected chi connectivity index (χ3v) is 5.56. The Kier molecular flexibility index (Phi) is 7.23. The Morgan fingerprint density at radius 3 is 2.67 bits per heavy atom. The molecule has 0 bridgehead atoms. The maximum Gasteiger partial charge on any atom is 0.318 e. The second kappa shape index (κ2) is 9.85. The second-order valence-electron chi connectivity index (χ2n) is 7.53. The van der Waals surface area contributed by atoms with Gasteiger partial charge in [-0.1, -0.05) is 0 Å². The highest BCUT2D eigenvalue weighted by Gasteiger charge is 2.22. The Labute approximate surface area is 161 Å². The summed E-state index contributed by atoms with van der Waals surface area (Å²) in [6, 6.07) is 2.31. The third kappa shape index (κ3) is 6.04. The van der Waals surface area contributed by atoms with Crippen LogP contribution in [-0.2, 0) is 4.79 Å². The Balaban J connectivity index is 1.33. The van der Waals surface area contributed by atoms with Crippen LogP contribution in [0, 0.1) is 5.92 Å². The highest BCUT2D eigenvalue weighted by Crippen LogP contribution is 2.24. The molecule has 1 aromatic rings. The van der Waals surface area contributed by atoms with Crippen molar-refractivity contribution >= 4 is 11.7 Å². The van der Waals surface area contributed by atoms with E-state index in [1.807, 2.05) is 6.07 Å². The molecule has 8 nitrogen and oxygen atoms in total. The Bertz CT molecular complexity index is 598. The van der Waals surface area contributed by atoms with E-state index in [2.05, 4.69) is 37.0 Å². The predicted octanol–water partition coefficient (Wildman–Crippen LogP) is 0.455.